The van der Waals surface area contributed by atoms with Crippen molar-refractivity contribution in [1.29, 1.82) is 0 Å². The van der Waals surface area contributed by atoms with Crippen molar-refractivity contribution in [2.24, 2.45) is 5.73 Å². The van der Waals surface area contributed by atoms with Gasteiger partial charge in [-0.25, -0.2) is 8.42 Å². The standard InChI is InChI=1S/C12H14F3N3O5S/c13-12(14,15)7-9(19)17-3-5-18(6-4-17)24(21,22)10-2-1-8(23-10)11(16)20/h1-2H,3-7H2,(H2,16,20). The second kappa shape index (κ2) is 6.43. The summed E-state index contributed by atoms with van der Waals surface area (Å²) < 4.78 is 67.1. The molecule has 1 saturated heterocycles. The van der Waals surface area contributed by atoms with Crippen molar-refractivity contribution < 1.29 is 35.6 Å². The molecule has 0 saturated carbocycles. The van der Waals surface area contributed by atoms with Crippen LogP contribution in [0.2, 0.25) is 0 Å². The number of hydrogen-bond acceptors (Lipinski definition) is 5. The van der Waals surface area contributed by atoms with E-state index in [0.717, 1.165) is 21.3 Å². The molecule has 0 unspecified atom stereocenters. The Hall–Kier alpha value is -2.08. The Morgan fingerprint density at radius 2 is 1.75 bits per heavy atom. The molecule has 8 nitrogen and oxygen atoms in total. The molecule has 2 rings (SSSR count). The quantitative estimate of drug-likeness (QED) is 0.812. The molecule has 0 radical (unpaired) electrons. The molecule has 0 aliphatic carbocycles. The van der Waals surface area contributed by atoms with Crippen molar-refractivity contribution in [3.05, 3.63) is 17.9 Å². The molecule has 0 aromatic carbocycles. The Morgan fingerprint density at radius 3 is 2.21 bits per heavy atom. The summed E-state index contributed by atoms with van der Waals surface area (Å²) in [5.74, 6) is -2.36. The van der Waals surface area contributed by atoms with E-state index in [2.05, 4.69) is 0 Å². The number of piperazine rings is 1. The Bertz CT molecular complexity index is 735. The lowest BCUT2D eigenvalue weighted by Crippen LogP contribution is -2.51. The van der Waals surface area contributed by atoms with Gasteiger partial charge in [-0.1, -0.05) is 0 Å². The first-order valence-corrected chi connectivity index (χ1v) is 8.19. The fraction of sp³-hybridized carbons (Fsp3) is 0.500. The molecule has 12 heteroatoms. The van der Waals surface area contributed by atoms with Gasteiger partial charge < -0.3 is 15.1 Å². The van der Waals surface area contributed by atoms with E-state index in [1.807, 2.05) is 0 Å². The van der Waals surface area contributed by atoms with E-state index in [0.29, 0.717) is 0 Å². The van der Waals surface area contributed by atoms with E-state index < -0.39 is 39.5 Å². The van der Waals surface area contributed by atoms with Gasteiger partial charge in [0.25, 0.3) is 15.9 Å². The Labute approximate surface area is 135 Å². The SMILES string of the molecule is NC(=O)c1ccc(S(=O)(=O)N2CCN(C(=O)CC(F)(F)F)CC2)o1. The van der Waals surface area contributed by atoms with Crippen molar-refractivity contribution in [2.45, 2.75) is 17.7 Å². The molecule has 2 N–H and O–H groups in total. The van der Waals surface area contributed by atoms with Crippen molar-refractivity contribution >= 4 is 21.8 Å². The van der Waals surface area contributed by atoms with Crippen LogP contribution in [0.4, 0.5) is 13.2 Å². The number of nitrogens with zero attached hydrogens (tertiary/aromatic N) is 2. The average molecular weight is 369 g/mol. The van der Waals surface area contributed by atoms with E-state index >= 15 is 0 Å². The monoisotopic (exact) mass is 369 g/mol. The highest BCUT2D eigenvalue weighted by Crippen LogP contribution is 2.23. The largest absolute Gasteiger partial charge is 0.438 e. The summed E-state index contributed by atoms with van der Waals surface area (Å²) in [5.41, 5.74) is 4.97. The molecule has 134 valence electrons. The first kappa shape index (κ1) is 18.3. The lowest BCUT2D eigenvalue weighted by atomic mass is 10.3. The van der Waals surface area contributed by atoms with Crippen LogP contribution in [0, 0.1) is 0 Å². The Kier molecular flexibility index (Phi) is 4.90. The molecule has 2 heterocycles. The predicted octanol–water partition coefficient (Wildman–Crippen LogP) is 0.164. The first-order chi connectivity index (χ1) is 11.0. The molecule has 1 aliphatic rings. The summed E-state index contributed by atoms with van der Waals surface area (Å²) in [6.07, 6.45) is -6.19. The van der Waals surface area contributed by atoms with Crippen LogP contribution in [0.15, 0.2) is 21.6 Å². The molecular weight excluding hydrogens is 355 g/mol. The van der Waals surface area contributed by atoms with E-state index in [-0.39, 0.29) is 31.9 Å². The van der Waals surface area contributed by atoms with E-state index in [1.165, 1.54) is 0 Å². The maximum absolute atomic E-state index is 12.3. The summed E-state index contributed by atoms with van der Waals surface area (Å²) in [5, 5.41) is -0.494. The Morgan fingerprint density at radius 1 is 1.17 bits per heavy atom. The number of hydrogen-bond donors (Lipinski definition) is 1. The van der Waals surface area contributed by atoms with Crippen molar-refractivity contribution in [2.75, 3.05) is 26.2 Å². The molecule has 24 heavy (non-hydrogen) atoms. The number of alkyl halides is 3. The van der Waals surface area contributed by atoms with Gasteiger partial charge >= 0.3 is 6.18 Å². The number of halogens is 3. The van der Waals surface area contributed by atoms with Gasteiger partial charge in [-0.2, -0.15) is 17.5 Å². The van der Waals surface area contributed by atoms with Gasteiger partial charge in [0, 0.05) is 26.2 Å². The molecule has 1 fully saturated rings. The minimum absolute atomic E-state index is 0.169. The van der Waals surface area contributed by atoms with Crippen molar-refractivity contribution in [3.63, 3.8) is 0 Å². The summed E-state index contributed by atoms with van der Waals surface area (Å²) in [4.78, 5) is 23.4. The zero-order valence-corrected chi connectivity index (χ0v) is 13.1. The maximum Gasteiger partial charge on any atom is 0.397 e. The van der Waals surface area contributed by atoms with Crippen molar-refractivity contribution in [1.82, 2.24) is 9.21 Å². The molecular formula is C12H14F3N3O5S. The van der Waals surface area contributed by atoms with Crippen LogP contribution in [-0.4, -0.2) is 61.8 Å². The van der Waals surface area contributed by atoms with Gasteiger partial charge in [0.2, 0.25) is 11.0 Å². The minimum atomic E-state index is -4.61. The van der Waals surface area contributed by atoms with Crippen LogP contribution in [0.1, 0.15) is 17.0 Å². The molecule has 1 aromatic heterocycles. The lowest BCUT2D eigenvalue weighted by molar-refractivity contribution is -0.162. The van der Waals surface area contributed by atoms with E-state index in [9.17, 15) is 31.2 Å². The summed E-state index contributed by atoms with van der Waals surface area (Å²) in [6, 6.07) is 2.18. The predicted molar refractivity (Wildman–Crippen MR) is 73.2 cm³/mol. The molecule has 0 atom stereocenters. The number of nitrogens with two attached hydrogens (primary N) is 1. The van der Waals surface area contributed by atoms with Gasteiger partial charge in [0.1, 0.15) is 6.42 Å². The number of sulfonamides is 1. The number of rotatable bonds is 4. The maximum atomic E-state index is 12.3. The van der Waals surface area contributed by atoms with Crippen LogP contribution in [0.5, 0.6) is 0 Å². The molecule has 0 spiro atoms. The number of amides is 2. The van der Waals surface area contributed by atoms with Gasteiger partial charge in [-0.15, -0.1) is 0 Å². The topological polar surface area (TPSA) is 114 Å². The van der Waals surface area contributed by atoms with Gasteiger partial charge in [0.05, 0.1) is 0 Å². The fourth-order valence-electron chi connectivity index (χ4n) is 2.18. The smallest absolute Gasteiger partial charge is 0.397 e. The normalized spacial score (nSPS) is 17.0. The summed E-state index contributed by atoms with van der Waals surface area (Å²) >= 11 is 0. The third-order valence-electron chi connectivity index (χ3n) is 3.36. The highest BCUT2D eigenvalue weighted by molar-refractivity contribution is 7.89. The lowest BCUT2D eigenvalue weighted by Gasteiger charge is -2.33. The van der Waals surface area contributed by atoms with Gasteiger partial charge in [0.15, 0.2) is 5.76 Å². The second-order valence-electron chi connectivity index (χ2n) is 5.06. The van der Waals surface area contributed by atoms with Crippen LogP contribution < -0.4 is 5.73 Å². The highest BCUT2D eigenvalue weighted by Gasteiger charge is 2.37. The van der Waals surface area contributed by atoms with Crippen molar-refractivity contribution in [3.8, 4) is 0 Å². The molecule has 1 aromatic rings. The molecule has 1 aliphatic heterocycles. The molecule has 2 amide bonds. The molecule has 0 bridgehead atoms. The summed E-state index contributed by atoms with van der Waals surface area (Å²) in [6.45, 7) is -0.702. The third kappa shape index (κ3) is 4.06. The van der Waals surface area contributed by atoms with Crippen LogP contribution in [-0.2, 0) is 14.8 Å². The number of carbonyl (C=O) groups excluding carboxylic acids is 2. The van der Waals surface area contributed by atoms with E-state index in [4.69, 9.17) is 10.2 Å². The van der Waals surface area contributed by atoms with Crippen LogP contribution in [0.25, 0.3) is 0 Å². The minimum Gasteiger partial charge on any atom is -0.438 e. The number of furan rings is 1. The van der Waals surface area contributed by atoms with Crippen LogP contribution in [0.3, 0.4) is 0 Å². The highest BCUT2D eigenvalue weighted by atomic mass is 32.2. The second-order valence-corrected chi connectivity index (χ2v) is 6.93. The summed E-state index contributed by atoms with van der Waals surface area (Å²) in [7, 11) is -4.06. The first-order valence-electron chi connectivity index (χ1n) is 6.75. The average Bonchev–Trinajstić information content (AvgIpc) is 2.96. The zero-order chi connectivity index (χ0) is 18.1. The third-order valence-corrected chi connectivity index (χ3v) is 5.13. The van der Waals surface area contributed by atoms with E-state index in [1.54, 1.807) is 0 Å². The fourth-order valence-corrected chi connectivity index (χ4v) is 3.51. The van der Waals surface area contributed by atoms with Crippen LogP contribution >= 0.6 is 0 Å². The number of primary amides is 1. The van der Waals surface area contributed by atoms with Gasteiger partial charge in [-0.05, 0) is 12.1 Å². The van der Waals surface area contributed by atoms with Gasteiger partial charge in [-0.3, -0.25) is 9.59 Å². The number of carbonyl (C=O) groups is 2. The Balaban J connectivity index is 2.02. The zero-order valence-electron chi connectivity index (χ0n) is 12.2.